The van der Waals surface area contributed by atoms with E-state index in [1.54, 1.807) is 29.7 Å². The van der Waals surface area contributed by atoms with Gasteiger partial charge < -0.3 is 14.0 Å². The van der Waals surface area contributed by atoms with Crippen LogP contribution in [0.4, 0.5) is 8.78 Å². The van der Waals surface area contributed by atoms with Crippen molar-refractivity contribution in [3.63, 3.8) is 0 Å². The predicted octanol–water partition coefficient (Wildman–Crippen LogP) is 6.15. The van der Waals surface area contributed by atoms with Crippen molar-refractivity contribution in [2.24, 2.45) is 0 Å². The number of ether oxygens (including phenoxy) is 2. The number of hydrogen-bond acceptors (Lipinski definition) is 5. The lowest BCUT2D eigenvalue weighted by atomic mass is 10.1. The van der Waals surface area contributed by atoms with Crippen molar-refractivity contribution in [2.45, 2.75) is 57.1 Å². The molecule has 0 N–H and O–H groups in total. The van der Waals surface area contributed by atoms with Crippen LogP contribution in [0.25, 0.3) is 0 Å². The summed E-state index contributed by atoms with van der Waals surface area (Å²) in [5, 5.41) is -0.240. The molecule has 0 aliphatic rings. The van der Waals surface area contributed by atoms with Gasteiger partial charge in [-0.1, -0.05) is 55.5 Å². The van der Waals surface area contributed by atoms with Gasteiger partial charge in [-0.2, -0.15) is 0 Å². The smallest absolute Gasteiger partial charge is 0.194 e. The average Bonchev–Trinajstić information content (AvgIpc) is 3.11. The van der Waals surface area contributed by atoms with Gasteiger partial charge in [0, 0.05) is 26.5 Å². The number of imidazole rings is 1. The summed E-state index contributed by atoms with van der Waals surface area (Å²) in [6.07, 6.45) is 0.101. The lowest BCUT2D eigenvalue weighted by molar-refractivity contribution is 0.0419. The Bertz CT molecular complexity index is 1330. The Morgan fingerprint density at radius 2 is 1.81 bits per heavy atom. The fourth-order valence-electron chi connectivity index (χ4n) is 3.56. The molecular weight excluding hydrogens is 526 g/mol. The van der Waals surface area contributed by atoms with E-state index < -0.39 is 35.6 Å². The van der Waals surface area contributed by atoms with Gasteiger partial charge in [0.2, 0.25) is 0 Å². The van der Waals surface area contributed by atoms with Crippen LogP contribution in [-0.2, 0) is 32.6 Å². The quantitative estimate of drug-likeness (QED) is 0.209. The van der Waals surface area contributed by atoms with Crippen LogP contribution in [0.1, 0.15) is 28.7 Å². The molecule has 0 amide bonds. The highest BCUT2D eigenvalue weighted by molar-refractivity contribution is 7.90. The van der Waals surface area contributed by atoms with Crippen LogP contribution in [0.15, 0.2) is 47.5 Å². The minimum Gasteiger partial charge on any atom is -0.361 e. The molecule has 36 heavy (non-hydrogen) atoms. The normalized spacial score (nSPS) is 13.2. The van der Waals surface area contributed by atoms with Crippen molar-refractivity contribution < 1.29 is 26.7 Å². The number of aromatic nitrogens is 2. The van der Waals surface area contributed by atoms with E-state index in [1.165, 1.54) is 24.3 Å². The zero-order valence-corrected chi connectivity index (χ0v) is 23.6. The van der Waals surface area contributed by atoms with Gasteiger partial charge in [0.15, 0.2) is 14.9 Å². The summed E-state index contributed by atoms with van der Waals surface area (Å²) in [6, 6.07) is 11.2. The highest BCUT2D eigenvalue weighted by Gasteiger charge is 2.29. The molecule has 0 bridgehead atoms. The third-order valence-corrected chi connectivity index (χ3v) is 8.70. The molecule has 0 radical (unpaired) electrons. The molecule has 0 aliphatic carbocycles. The largest absolute Gasteiger partial charge is 0.361 e. The zero-order valence-electron chi connectivity index (χ0n) is 21.0. The minimum absolute atomic E-state index is 0.0443. The van der Waals surface area contributed by atoms with E-state index in [2.05, 4.69) is 24.6 Å². The fraction of sp³-hybridized carbons (Fsp3) is 0.400. The summed E-state index contributed by atoms with van der Waals surface area (Å²) >= 11 is 6.05. The van der Waals surface area contributed by atoms with Crippen molar-refractivity contribution in [2.75, 3.05) is 12.9 Å². The average molecular weight is 557 g/mol. The van der Waals surface area contributed by atoms with Gasteiger partial charge in [-0.15, -0.1) is 0 Å². The molecule has 1 aromatic heterocycles. The molecule has 0 saturated heterocycles. The monoisotopic (exact) mass is 556 g/mol. The van der Waals surface area contributed by atoms with E-state index in [-0.39, 0.29) is 29.2 Å². The summed E-state index contributed by atoms with van der Waals surface area (Å²) in [4.78, 5) is 4.42. The number of nitrogens with zero attached hydrogens (tertiary/aromatic N) is 2. The van der Waals surface area contributed by atoms with Gasteiger partial charge >= 0.3 is 0 Å². The van der Waals surface area contributed by atoms with E-state index >= 15 is 0 Å². The van der Waals surface area contributed by atoms with Gasteiger partial charge in [0.05, 0.1) is 17.3 Å². The van der Waals surface area contributed by atoms with E-state index in [0.29, 0.717) is 23.4 Å². The number of halogens is 3. The summed E-state index contributed by atoms with van der Waals surface area (Å²) in [5.74, 6) is -0.821. The zero-order chi connectivity index (χ0) is 26.7. The van der Waals surface area contributed by atoms with Gasteiger partial charge in [-0.25, -0.2) is 22.2 Å². The molecule has 0 saturated carbocycles. The standard InChI is InChI=1S/C25H31ClF2N2O4SSi/c1-17-25(35(2,31)32)29-24(30(17)16-33-12-13-36(3,4)5)23(18-10-11-22(28)20(26)14-18)34-15-19-8-6-7-9-21(19)27/h6-11,14,23H,12-13,15-16H2,1-5H3. The highest BCUT2D eigenvalue weighted by atomic mass is 35.5. The Labute approximate surface area is 217 Å². The molecule has 11 heteroatoms. The Morgan fingerprint density at radius 1 is 1.11 bits per heavy atom. The SMILES string of the molecule is Cc1c(S(C)(=O)=O)nc(C(OCc2ccccc2F)c2ccc(F)c(Cl)c2)n1COCC[Si](C)(C)C. The van der Waals surface area contributed by atoms with Crippen molar-refractivity contribution in [1.29, 1.82) is 0 Å². The molecule has 196 valence electrons. The number of rotatable bonds is 11. The number of hydrogen-bond donors (Lipinski definition) is 0. The summed E-state index contributed by atoms with van der Waals surface area (Å²) in [5.41, 5.74) is 1.12. The first-order valence-corrected chi connectivity index (χ1v) is 17.4. The van der Waals surface area contributed by atoms with Gasteiger partial charge in [0.25, 0.3) is 0 Å². The van der Waals surface area contributed by atoms with Crippen molar-refractivity contribution >= 4 is 29.5 Å². The van der Waals surface area contributed by atoms with E-state index in [0.717, 1.165) is 12.3 Å². The van der Waals surface area contributed by atoms with E-state index in [9.17, 15) is 17.2 Å². The molecule has 0 aliphatic heterocycles. The maximum absolute atomic E-state index is 14.3. The van der Waals surface area contributed by atoms with Crippen LogP contribution in [0.2, 0.25) is 30.7 Å². The second kappa shape index (κ2) is 11.5. The first-order valence-electron chi connectivity index (χ1n) is 11.4. The Kier molecular flexibility index (Phi) is 9.10. The van der Waals surface area contributed by atoms with Crippen LogP contribution >= 0.6 is 11.6 Å². The molecule has 1 atom stereocenters. The predicted molar refractivity (Wildman–Crippen MR) is 139 cm³/mol. The minimum atomic E-state index is -3.68. The third kappa shape index (κ3) is 7.23. The third-order valence-electron chi connectivity index (χ3n) is 5.62. The maximum Gasteiger partial charge on any atom is 0.194 e. The Morgan fingerprint density at radius 3 is 2.42 bits per heavy atom. The molecule has 0 fully saturated rings. The van der Waals surface area contributed by atoms with Crippen LogP contribution in [-0.4, -0.2) is 38.9 Å². The highest BCUT2D eigenvalue weighted by Crippen LogP contribution is 2.32. The molecule has 3 aromatic rings. The van der Waals surface area contributed by atoms with Crippen molar-refractivity contribution in [3.8, 4) is 0 Å². The van der Waals surface area contributed by atoms with Crippen LogP contribution in [0, 0.1) is 18.6 Å². The molecule has 1 heterocycles. The topological polar surface area (TPSA) is 70.4 Å². The molecular formula is C25H31ClF2N2O4SSi. The van der Waals surface area contributed by atoms with Gasteiger partial charge in [0.1, 0.15) is 30.3 Å². The summed E-state index contributed by atoms with van der Waals surface area (Å²) in [6.45, 7) is 8.75. The summed E-state index contributed by atoms with van der Waals surface area (Å²) < 4.78 is 66.9. The van der Waals surface area contributed by atoms with E-state index in [1.807, 2.05) is 0 Å². The lowest BCUT2D eigenvalue weighted by Crippen LogP contribution is -2.22. The fourth-order valence-corrected chi connectivity index (χ4v) is 5.42. The summed E-state index contributed by atoms with van der Waals surface area (Å²) in [7, 11) is -5.02. The Hall–Kier alpha value is -2.11. The molecule has 3 rings (SSSR count). The molecule has 0 spiro atoms. The van der Waals surface area contributed by atoms with E-state index in [4.69, 9.17) is 21.1 Å². The van der Waals surface area contributed by atoms with Crippen LogP contribution < -0.4 is 0 Å². The first kappa shape index (κ1) is 28.5. The number of sulfone groups is 1. The lowest BCUT2D eigenvalue weighted by Gasteiger charge is -2.21. The molecule has 2 aromatic carbocycles. The Balaban J connectivity index is 2.06. The van der Waals surface area contributed by atoms with Crippen LogP contribution in [0.5, 0.6) is 0 Å². The van der Waals surface area contributed by atoms with Crippen LogP contribution in [0.3, 0.4) is 0 Å². The molecule has 6 nitrogen and oxygen atoms in total. The van der Waals surface area contributed by atoms with Gasteiger partial charge in [-0.05, 0) is 36.7 Å². The van der Waals surface area contributed by atoms with Crippen molar-refractivity contribution in [1.82, 2.24) is 9.55 Å². The van der Waals surface area contributed by atoms with Gasteiger partial charge in [-0.3, -0.25) is 0 Å². The van der Waals surface area contributed by atoms with Crippen molar-refractivity contribution in [3.05, 3.63) is 81.8 Å². The number of benzene rings is 2. The molecule has 1 unspecified atom stereocenters. The second-order valence-corrected chi connectivity index (χ2v) is 17.8. The first-order chi connectivity index (χ1) is 16.8. The maximum atomic E-state index is 14.3. The second-order valence-electron chi connectivity index (χ2n) is 9.86.